The molecule has 2 aromatic carbocycles. The van der Waals surface area contributed by atoms with E-state index < -0.39 is 11.7 Å². The Morgan fingerprint density at radius 1 is 1.07 bits per heavy atom. The van der Waals surface area contributed by atoms with Crippen LogP contribution in [0.25, 0.3) is 0 Å². The summed E-state index contributed by atoms with van der Waals surface area (Å²) in [7, 11) is 0. The molecule has 1 heterocycles. The summed E-state index contributed by atoms with van der Waals surface area (Å²) in [5.41, 5.74) is 0.529. The van der Waals surface area contributed by atoms with E-state index in [2.05, 4.69) is 20.8 Å². The fraction of sp³-hybridized carbons (Fsp3) is 0.111. The second-order valence-electron chi connectivity index (χ2n) is 5.42. The summed E-state index contributed by atoms with van der Waals surface area (Å²) < 4.78 is 13.6. The molecule has 2 amide bonds. The summed E-state index contributed by atoms with van der Waals surface area (Å²) in [6, 6.07) is 12.8. The number of amides is 2. The number of carbonyl (C=O) groups is 2. The third-order valence-electron chi connectivity index (χ3n) is 3.37. The summed E-state index contributed by atoms with van der Waals surface area (Å²) in [5, 5.41) is 14.3. The van der Waals surface area contributed by atoms with E-state index in [9.17, 15) is 14.0 Å². The molecule has 9 heteroatoms. The minimum atomic E-state index is -0.571. The first kappa shape index (κ1) is 19.0. The van der Waals surface area contributed by atoms with E-state index in [0.29, 0.717) is 10.8 Å². The molecule has 0 saturated heterocycles. The van der Waals surface area contributed by atoms with Gasteiger partial charge in [-0.25, -0.2) is 4.39 Å². The molecule has 1 aromatic heterocycles. The summed E-state index contributed by atoms with van der Waals surface area (Å²) in [6.45, 7) is 1.81. The van der Waals surface area contributed by atoms with Crippen molar-refractivity contribution in [2.24, 2.45) is 0 Å². The highest BCUT2D eigenvalue weighted by molar-refractivity contribution is 8.00. The first-order chi connectivity index (χ1) is 13.0. The standard InChI is InChI=1S/C18H15FN4O2S2/c1-11-22-23-18(27-11)21-16(24)10-26-13-8-6-12(7-9-13)20-17(25)14-4-2-3-5-15(14)19/h2-9H,10H2,1H3,(H,20,25)(H,21,23,24). The highest BCUT2D eigenvalue weighted by atomic mass is 32.2. The summed E-state index contributed by atoms with van der Waals surface area (Å²) in [5.74, 6) is -1.04. The number of aryl methyl sites for hydroxylation is 1. The average molecular weight is 402 g/mol. The van der Waals surface area contributed by atoms with Gasteiger partial charge in [-0.15, -0.1) is 22.0 Å². The van der Waals surface area contributed by atoms with Gasteiger partial charge in [0.2, 0.25) is 11.0 Å². The Hall–Kier alpha value is -2.78. The number of hydrogen-bond acceptors (Lipinski definition) is 6. The molecule has 3 rings (SSSR count). The number of hydrogen-bond donors (Lipinski definition) is 2. The molecule has 2 N–H and O–H groups in total. The highest BCUT2D eigenvalue weighted by Crippen LogP contribution is 2.22. The van der Waals surface area contributed by atoms with Gasteiger partial charge in [-0.05, 0) is 43.3 Å². The lowest BCUT2D eigenvalue weighted by Crippen LogP contribution is -2.14. The molecular weight excluding hydrogens is 387 g/mol. The molecule has 0 aliphatic heterocycles. The maximum absolute atomic E-state index is 13.6. The molecular formula is C18H15FN4O2S2. The Bertz CT molecular complexity index is 960. The molecule has 0 bridgehead atoms. The van der Waals surface area contributed by atoms with Gasteiger partial charge in [-0.1, -0.05) is 23.5 Å². The maximum Gasteiger partial charge on any atom is 0.258 e. The predicted octanol–water partition coefficient (Wildman–Crippen LogP) is 3.97. The van der Waals surface area contributed by atoms with Gasteiger partial charge in [0.1, 0.15) is 10.8 Å². The van der Waals surface area contributed by atoms with Gasteiger partial charge in [-0.3, -0.25) is 14.9 Å². The van der Waals surface area contributed by atoms with Crippen LogP contribution in [-0.4, -0.2) is 27.8 Å². The number of thioether (sulfide) groups is 1. The van der Waals surface area contributed by atoms with Gasteiger partial charge in [0.25, 0.3) is 5.91 Å². The largest absolute Gasteiger partial charge is 0.322 e. The van der Waals surface area contributed by atoms with E-state index in [1.165, 1.54) is 41.3 Å². The van der Waals surface area contributed by atoms with E-state index in [1.807, 2.05) is 6.92 Å². The molecule has 27 heavy (non-hydrogen) atoms. The van der Waals surface area contributed by atoms with E-state index in [0.717, 1.165) is 9.90 Å². The Morgan fingerprint density at radius 2 is 1.81 bits per heavy atom. The molecule has 0 aliphatic carbocycles. The lowest BCUT2D eigenvalue weighted by atomic mass is 10.2. The van der Waals surface area contributed by atoms with Gasteiger partial charge in [0.05, 0.1) is 11.3 Å². The van der Waals surface area contributed by atoms with Crippen molar-refractivity contribution in [2.45, 2.75) is 11.8 Å². The molecule has 0 saturated carbocycles. The van der Waals surface area contributed by atoms with Gasteiger partial charge >= 0.3 is 0 Å². The quantitative estimate of drug-likeness (QED) is 0.610. The molecule has 0 atom stereocenters. The number of halogens is 1. The Morgan fingerprint density at radius 3 is 2.48 bits per heavy atom. The zero-order valence-electron chi connectivity index (χ0n) is 14.2. The number of aromatic nitrogens is 2. The van der Waals surface area contributed by atoms with Crippen LogP contribution < -0.4 is 10.6 Å². The van der Waals surface area contributed by atoms with Gasteiger partial charge < -0.3 is 5.32 Å². The van der Waals surface area contributed by atoms with Crippen molar-refractivity contribution in [1.82, 2.24) is 10.2 Å². The van der Waals surface area contributed by atoms with Crippen molar-refractivity contribution in [3.63, 3.8) is 0 Å². The summed E-state index contributed by atoms with van der Waals surface area (Å²) in [6.07, 6.45) is 0. The van der Waals surface area contributed by atoms with Crippen LogP contribution in [0.5, 0.6) is 0 Å². The average Bonchev–Trinajstić information content (AvgIpc) is 3.06. The second-order valence-corrected chi connectivity index (χ2v) is 7.65. The molecule has 0 spiro atoms. The second kappa shape index (κ2) is 8.74. The molecule has 0 aliphatic rings. The zero-order valence-corrected chi connectivity index (χ0v) is 15.9. The van der Waals surface area contributed by atoms with Crippen molar-refractivity contribution in [3.05, 3.63) is 64.9 Å². The third kappa shape index (κ3) is 5.35. The number of carbonyl (C=O) groups excluding carboxylic acids is 2. The van der Waals surface area contributed by atoms with E-state index in [4.69, 9.17) is 0 Å². The van der Waals surface area contributed by atoms with Crippen LogP contribution in [-0.2, 0) is 4.79 Å². The predicted molar refractivity (Wildman–Crippen MR) is 105 cm³/mol. The summed E-state index contributed by atoms with van der Waals surface area (Å²) in [4.78, 5) is 24.9. The fourth-order valence-electron chi connectivity index (χ4n) is 2.13. The molecule has 3 aromatic rings. The fourth-order valence-corrected chi connectivity index (χ4v) is 3.44. The Kier molecular flexibility index (Phi) is 6.15. The van der Waals surface area contributed by atoms with Gasteiger partial charge in [0, 0.05) is 10.6 Å². The lowest BCUT2D eigenvalue weighted by molar-refractivity contribution is -0.113. The number of rotatable bonds is 6. The van der Waals surface area contributed by atoms with Crippen LogP contribution in [0.2, 0.25) is 0 Å². The van der Waals surface area contributed by atoms with Crippen molar-refractivity contribution in [2.75, 3.05) is 16.4 Å². The maximum atomic E-state index is 13.6. The Balaban J connectivity index is 1.52. The van der Waals surface area contributed by atoms with E-state index in [-0.39, 0.29) is 17.2 Å². The first-order valence-corrected chi connectivity index (χ1v) is 9.70. The van der Waals surface area contributed by atoms with E-state index in [1.54, 1.807) is 30.3 Å². The topological polar surface area (TPSA) is 84.0 Å². The van der Waals surface area contributed by atoms with Gasteiger partial charge in [0.15, 0.2) is 0 Å². The normalized spacial score (nSPS) is 10.4. The SMILES string of the molecule is Cc1nnc(NC(=O)CSc2ccc(NC(=O)c3ccccc3F)cc2)s1. The minimum absolute atomic E-state index is 0.0143. The lowest BCUT2D eigenvalue weighted by Gasteiger charge is -2.07. The van der Waals surface area contributed by atoms with Crippen LogP contribution in [0.4, 0.5) is 15.2 Å². The minimum Gasteiger partial charge on any atom is -0.322 e. The zero-order chi connectivity index (χ0) is 19.2. The van der Waals surface area contributed by atoms with Crippen LogP contribution in [0, 0.1) is 12.7 Å². The number of benzene rings is 2. The molecule has 0 unspecified atom stereocenters. The van der Waals surface area contributed by atoms with Crippen molar-refractivity contribution in [1.29, 1.82) is 0 Å². The summed E-state index contributed by atoms with van der Waals surface area (Å²) >= 11 is 2.67. The van der Waals surface area contributed by atoms with Crippen molar-refractivity contribution in [3.8, 4) is 0 Å². The van der Waals surface area contributed by atoms with Crippen LogP contribution >= 0.6 is 23.1 Å². The number of anilines is 2. The van der Waals surface area contributed by atoms with Crippen LogP contribution in [0.1, 0.15) is 15.4 Å². The first-order valence-electron chi connectivity index (χ1n) is 7.90. The highest BCUT2D eigenvalue weighted by Gasteiger charge is 2.11. The Labute approximate surface area is 163 Å². The van der Waals surface area contributed by atoms with Crippen molar-refractivity contribution >= 4 is 45.7 Å². The van der Waals surface area contributed by atoms with Crippen molar-refractivity contribution < 1.29 is 14.0 Å². The third-order valence-corrected chi connectivity index (χ3v) is 5.14. The van der Waals surface area contributed by atoms with Crippen LogP contribution in [0.3, 0.4) is 0 Å². The number of nitrogens with one attached hydrogen (secondary N) is 2. The monoisotopic (exact) mass is 402 g/mol. The van der Waals surface area contributed by atoms with Crippen LogP contribution in [0.15, 0.2) is 53.4 Å². The molecule has 0 radical (unpaired) electrons. The molecule has 138 valence electrons. The molecule has 6 nitrogen and oxygen atoms in total. The van der Waals surface area contributed by atoms with Gasteiger partial charge in [-0.2, -0.15) is 0 Å². The molecule has 0 fully saturated rings. The number of nitrogens with zero attached hydrogens (tertiary/aromatic N) is 2. The van der Waals surface area contributed by atoms with E-state index >= 15 is 0 Å². The smallest absolute Gasteiger partial charge is 0.258 e.